The van der Waals surface area contributed by atoms with Gasteiger partial charge in [0.25, 0.3) is 0 Å². The van der Waals surface area contributed by atoms with Gasteiger partial charge in [-0.3, -0.25) is 4.90 Å². The van der Waals surface area contributed by atoms with E-state index < -0.39 is 0 Å². The molecule has 3 aliphatic rings. The van der Waals surface area contributed by atoms with E-state index in [2.05, 4.69) is 37.9 Å². The van der Waals surface area contributed by atoms with Crippen LogP contribution in [0.2, 0.25) is 0 Å². The van der Waals surface area contributed by atoms with Crippen molar-refractivity contribution in [3.63, 3.8) is 0 Å². The third-order valence-corrected chi connectivity index (χ3v) is 5.39. The van der Waals surface area contributed by atoms with Crippen molar-refractivity contribution < 1.29 is 4.74 Å². The van der Waals surface area contributed by atoms with Crippen molar-refractivity contribution in [3.8, 4) is 0 Å². The van der Waals surface area contributed by atoms with Crippen LogP contribution in [0.1, 0.15) is 59.8 Å². The lowest BCUT2D eigenvalue weighted by atomic mass is 9.89. The summed E-state index contributed by atoms with van der Waals surface area (Å²) >= 11 is 0. The van der Waals surface area contributed by atoms with Gasteiger partial charge in [-0.2, -0.15) is 0 Å². The molecule has 2 heterocycles. The molecule has 2 aliphatic heterocycles. The fourth-order valence-corrected chi connectivity index (χ4v) is 4.19. The molecule has 2 saturated heterocycles. The molecule has 20 heavy (non-hydrogen) atoms. The summed E-state index contributed by atoms with van der Waals surface area (Å²) in [6.07, 6.45) is 6.69. The van der Waals surface area contributed by atoms with E-state index in [0.717, 1.165) is 12.0 Å². The molecule has 1 unspecified atom stereocenters. The molecule has 3 fully saturated rings. The standard InChI is InChI=1S/C17H32N2O/c1-16(2)11-15(17(3,4)20-16)19-9-7-13(8-10-19)12-18-14-5-6-14/h13-15,18H,5-12H2,1-4H3. The number of hydrogen-bond acceptors (Lipinski definition) is 3. The Kier molecular flexibility index (Phi) is 3.89. The predicted molar refractivity (Wildman–Crippen MR) is 83.0 cm³/mol. The van der Waals surface area contributed by atoms with E-state index in [1.54, 1.807) is 0 Å². The van der Waals surface area contributed by atoms with Crippen molar-refractivity contribution in [2.24, 2.45) is 5.92 Å². The fraction of sp³-hybridized carbons (Fsp3) is 1.00. The Bertz CT molecular complexity index is 341. The number of ether oxygens (including phenoxy) is 1. The second-order valence-corrected chi connectivity index (χ2v) is 8.35. The molecule has 116 valence electrons. The maximum Gasteiger partial charge on any atom is 0.0789 e. The quantitative estimate of drug-likeness (QED) is 0.857. The zero-order valence-corrected chi connectivity index (χ0v) is 13.7. The van der Waals surface area contributed by atoms with Crippen LogP contribution in [0.5, 0.6) is 0 Å². The van der Waals surface area contributed by atoms with E-state index in [4.69, 9.17) is 4.74 Å². The smallest absolute Gasteiger partial charge is 0.0789 e. The van der Waals surface area contributed by atoms with Crippen LogP contribution < -0.4 is 5.32 Å². The molecular formula is C17H32N2O. The first-order valence-electron chi connectivity index (χ1n) is 8.53. The third kappa shape index (κ3) is 3.37. The number of piperidine rings is 1. The van der Waals surface area contributed by atoms with Crippen LogP contribution >= 0.6 is 0 Å². The second-order valence-electron chi connectivity index (χ2n) is 8.35. The summed E-state index contributed by atoms with van der Waals surface area (Å²) in [5.41, 5.74) is 0.0428. The Morgan fingerprint density at radius 1 is 1.05 bits per heavy atom. The van der Waals surface area contributed by atoms with Gasteiger partial charge in [0.15, 0.2) is 0 Å². The van der Waals surface area contributed by atoms with Crippen LogP contribution in [0, 0.1) is 5.92 Å². The fourth-order valence-electron chi connectivity index (χ4n) is 4.19. The van der Waals surface area contributed by atoms with E-state index >= 15 is 0 Å². The topological polar surface area (TPSA) is 24.5 Å². The molecule has 0 amide bonds. The maximum atomic E-state index is 6.26. The van der Waals surface area contributed by atoms with Crippen molar-refractivity contribution in [1.82, 2.24) is 10.2 Å². The maximum absolute atomic E-state index is 6.26. The minimum atomic E-state index is 0.00258. The molecule has 3 nitrogen and oxygen atoms in total. The molecule has 1 aliphatic carbocycles. The summed E-state index contributed by atoms with van der Waals surface area (Å²) in [5.74, 6) is 0.894. The van der Waals surface area contributed by atoms with Gasteiger partial charge in [0.2, 0.25) is 0 Å². The predicted octanol–water partition coefficient (Wildman–Crippen LogP) is 2.80. The lowest BCUT2D eigenvalue weighted by Gasteiger charge is -2.40. The monoisotopic (exact) mass is 280 g/mol. The molecule has 0 radical (unpaired) electrons. The highest BCUT2D eigenvalue weighted by atomic mass is 16.5. The van der Waals surface area contributed by atoms with Gasteiger partial charge in [-0.15, -0.1) is 0 Å². The number of nitrogens with one attached hydrogen (secondary N) is 1. The molecule has 0 aromatic heterocycles. The Morgan fingerprint density at radius 2 is 1.70 bits per heavy atom. The molecule has 0 bridgehead atoms. The van der Waals surface area contributed by atoms with Crippen LogP contribution in [0.3, 0.4) is 0 Å². The third-order valence-electron chi connectivity index (χ3n) is 5.39. The van der Waals surface area contributed by atoms with E-state index in [9.17, 15) is 0 Å². The summed E-state index contributed by atoms with van der Waals surface area (Å²) in [4.78, 5) is 2.70. The van der Waals surface area contributed by atoms with Crippen molar-refractivity contribution in [1.29, 1.82) is 0 Å². The Balaban J connectivity index is 1.49. The van der Waals surface area contributed by atoms with Crippen LogP contribution in [-0.4, -0.2) is 47.8 Å². The molecule has 1 saturated carbocycles. The highest BCUT2D eigenvalue weighted by molar-refractivity contribution is 5.01. The average Bonchev–Trinajstić information content (AvgIpc) is 3.13. The molecular weight excluding hydrogens is 248 g/mol. The number of nitrogens with zero attached hydrogens (tertiary/aromatic N) is 1. The summed E-state index contributed by atoms with van der Waals surface area (Å²) in [6, 6.07) is 1.45. The SMILES string of the molecule is CC1(C)CC(N2CCC(CNC3CC3)CC2)C(C)(C)O1. The molecule has 0 aromatic rings. The van der Waals surface area contributed by atoms with Crippen molar-refractivity contribution in [2.75, 3.05) is 19.6 Å². The number of rotatable bonds is 4. The molecule has 3 heteroatoms. The van der Waals surface area contributed by atoms with Gasteiger partial charge in [-0.05, 0) is 85.4 Å². The Labute approximate surface area is 124 Å². The van der Waals surface area contributed by atoms with Crippen molar-refractivity contribution in [2.45, 2.75) is 83.1 Å². The molecule has 0 spiro atoms. The summed E-state index contributed by atoms with van der Waals surface area (Å²) in [7, 11) is 0. The minimum absolute atomic E-state index is 0.00258. The molecule has 1 atom stereocenters. The number of hydrogen-bond donors (Lipinski definition) is 1. The molecule has 3 rings (SSSR count). The minimum Gasteiger partial charge on any atom is -0.368 e. The molecule has 1 N–H and O–H groups in total. The first kappa shape index (κ1) is 14.8. The van der Waals surface area contributed by atoms with Crippen molar-refractivity contribution >= 4 is 0 Å². The second kappa shape index (κ2) is 5.26. The Morgan fingerprint density at radius 3 is 2.20 bits per heavy atom. The highest BCUT2D eigenvalue weighted by Crippen LogP contribution is 2.41. The van der Waals surface area contributed by atoms with Crippen LogP contribution in [-0.2, 0) is 4.74 Å². The normalized spacial score (nSPS) is 34.5. The van der Waals surface area contributed by atoms with Gasteiger partial charge in [0.1, 0.15) is 0 Å². The lowest BCUT2D eigenvalue weighted by Crippen LogP contribution is -2.50. The first-order valence-corrected chi connectivity index (χ1v) is 8.53. The van der Waals surface area contributed by atoms with Gasteiger partial charge in [-0.1, -0.05) is 0 Å². The number of likely N-dealkylation sites (tertiary alicyclic amines) is 1. The van der Waals surface area contributed by atoms with E-state index in [-0.39, 0.29) is 11.2 Å². The van der Waals surface area contributed by atoms with Crippen molar-refractivity contribution in [3.05, 3.63) is 0 Å². The summed E-state index contributed by atoms with van der Waals surface area (Å²) < 4.78 is 6.26. The van der Waals surface area contributed by atoms with Gasteiger partial charge >= 0.3 is 0 Å². The Hall–Kier alpha value is -0.120. The zero-order chi connectivity index (χ0) is 14.4. The van der Waals surface area contributed by atoms with E-state index in [0.29, 0.717) is 6.04 Å². The van der Waals surface area contributed by atoms with Crippen LogP contribution in [0.4, 0.5) is 0 Å². The van der Waals surface area contributed by atoms with E-state index in [1.165, 1.54) is 51.7 Å². The van der Waals surface area contributed by atoms with Gasteiger partial charge < -0.3 is 10.1 Å². The van der Waals surface area contributed by atoms with Crippen LogP contribution in [0.15, 0.2) is 0 Å². The zero-order valence-electron chi connectivity index (χ0n) is 13.7. The van der Waals surface area contributed by atoms with Gasteiger partial charge in [0, 0.05) is 12.1 Å². The summed E-state index contributed by atoms with van der Waals surface area (Å²) in [6.45, 7) is 12.8. The van der Waals surface area contributed by atoms with Gasteiger partial charge in [-0.25, -0.2) is 0 Å². The van der Waals surface area contributed by atoms with Gasteiger partial charge in [0.05, 0.1) is 11.2 Å². The molecule has 0 aromatic carbocycles. The lowest BCUT2D eigenvalue weighted by molar-refractivity contribution is -0.0827. The largest absolute Gasteiger partial charge is 0.368 e. The first-order chi connectivity index (χ1) is 9.36. The van der Waals surface area contributed by atoms with Crippen LogP contribution in [0.25, 0.3) is 0 Å². The van der Waals surface area contributed by atoms with E-state index in [1.807, 2.05) is 0 Å². The summed E-state index contributed by atoms with van der Waals surface area (Å²) in [5, 5.41) is 3.70. The highest BCUT2D eigenvalue weighted by Gasteiger charge is 2.48. The average molecular weight is 280 g/mol.